The summed E-state index contributed by atoms with van der Waals surface area (Å²) in [4.78, 5) is 6.47. The summed E-state index contributed by atoms with van der Waals surface area (Å²) in [6, 6.07) is 3.54. The highest BCUT2D eigenvalue weighted by molar-refractivity contribution is 5.58. The van der Waals surface area contributed by atoms with Gasteiger partial charge >= 0.3 is 6.18 Å². The van der Waals surface area contributed by atoms with Gasteiger partial charge in [0.1, 0.15) is 11.5 Å². The van der Waals surface area contributed by atoms with Crippen LogP contribution in [0.5, 0.6) is 0 Å². The van der Waals surface area contributed by atoms with Crippen LogP contribution in [0.1, 0.15) is 5.69 Å². The van der Waals surface area contributed by atoms with Gasteiger partial charge in [0.2, 0.25) is 0 Å². The number of nitrogens with zero attached hydrogens (tertiary/aromatic N) is 2. The molecular weight excluding hydrogens is 255 g/mol. The van der Waals surface area contributed by atoms with E-state index in [1.807, 2.05) is 6.07 Å². The predicted octanol–water partition coefficient (Wildman–Crippen LogP) is 3.24. The van der Waals surface area contributed by atoms with E-state index in [1.54, 1.807) is 0 Å². The molecule has 0 atom stereocenters. The molecule has 0 amide bonds. The van der Waals surface area contributed by atoms with Gasteiger partial charge in [-0.1, -0.05) is 0 Å². The minimum absolute atomic E-state index is 0.241. The number of hydrogen-bond acceptors (Lipinski definition) is 2. The summed E-state index contributed by atoms with van der Waals surface area (Å²) in [5.41, 5.74) is -1.94. The summed E-state index contributed by atoms with van der Waals surface area (Å²) in [6.45, 7) is 0. The number of rotatable bonds is 1. The third-order valence-electron chi connectivity index (χ3n) is 2.03. The van der Waals surface area contributed by atoms with Crippen LogP contribution in [0.3, 0.4) is 0 Å². The van der Waals surface area contributed by atoms with Crippen LogP contribution in [-0.2, 0) is 6.18 Å². The average Bonchev–Trinajstić information content (AvgIpc) is 2.28. The van der Waals surface area contributed by atoms with Gasteiger partial charge in [-0.2, -0.15) is 13.2 Å². The minimum atomic E-state index is -4.69. The largest absolute Gasteiger partial charge is 0.433 e. The van der Waals surface area contributed by atoms with Gasteiger partial charge in [0.05, 0.1) is 6.20 Å². The van der Waals surface area contributed by atoms with Crippen molar-refractivity contribution in [1.82, 2.24) is 9.97 Å². The smallest absolute Gasteiger partial charge is 0.251 e. The van der Waals surface area contributed by atoms with E-state index in [0.29, 0.717) is 12.3 Å². The van der Waals surface area contributed by atoms with E-state index in [4.69, 9.17) is 0 Å². The molecule has 0 fully saturated rings. The molecule has 2 nitrogen and oxygen atoms in total. The molecule has 2 aromatic heterocycles. The summed E-state index contributed by atoms with van der Waals surface area (Å²) >= 11 is 0. The van der Waals surface area contributed by atoms with Gasteiger partial charge in [0.15, 0.2) is 11.5 Å². The maximum Gasteiger partial charge on any atom is 0.433 e. The van der Waals surface area contributed by atoms with Crippen molar-refractivity contribution in [3.8, 4) is 11.3 Å². The highest BCUT2D eigenvalue weighted by Gasteiger charge is 2.33. The molecule has 0 aliphatic rings. The van der Waals surface area contributed by atoms with Gasteiger partial charge in [-0.25, -0.2) is 8.78 Å². The lowest BCUT2D eigenvalue weighted by Crippen LogP contribution is -2.08. The zero-order valence-electron chi connectivity index (χ0n) is 8.59. The predicted molar refractivity (Wildman–Crippen MR) is 51.2 cm³/mol. The standard InChI is InChI=1S/C11H4F5N2/c12-7-4-8(13)10(18-5-7)6-1-2-17-9(3-6)11(14,15)16/h1-2,4-5H. The Hall–Kier alpha value is -2.05. The van der Waals surface area contributed by atoms with Gasteiger partial charge < -0.3 is 0 Å². The van der Waals surface area contributed by atoms with Crippen LogP contribution in [0.15, 0.2) is 24.5 Å². The second kappa shape index (κ2) is 4.32. The second-order valence-electron chi connectivity index (χ2n) is 3.31. The third-order valence-corrected chi connectivity index (χ3v) is 2.03. The summed E-state index contributed by atoms with van der Waals surface area (Å²) in [6.07, 6.45) is -3.12. The van der Waals surface area contributed by atoms with E-state index in [0.717, 1.165) is 12.3 Å². The zero-order chi connectivity index (χ0) is 13.3. The normalized spacial score (nSPS) is 11.6. The van der Waals surface area contributed by atoms with Crippen LogP contribution in [0, 0.1) is 17.7 Å². The summed E-state index contributed by atoms with van der Waals surface area (Å²) in [5, 5.41) is 0. The van der Waals surface area contributed by atoms with E-state index in [-0.39, 0.29) is 5.56 Å². The van der Waals surface area contributed by atoms with E-state index in [2.05, 4.69) is 9.97 Å². The Morgan fingerprint density at radius 3 is 2.44 bits per heavy atom. The molecule has 18 heavy (non-hydrogen) atoms. The highest BCUT2D eigenvalue weighted by atomic mass is 19.4. The maximum atomic E-state index is 13.3. The first kappa shape index (κ1) is 12.4. The van der Waals surface area contributed by atoms with Crippen molar-refractivity contribution in [3.63, 3.8) is 0 Å². The highest BCUT2D eigenvalue weighted by Crippen LogP contribution is 2.30. The van der Waals surface area contributed by atoms with Crippen molar-refractivity contribution in [1.29, 1.82) is 0 Å². The van der Waals surface area contributed by atoms with Crippen LogP contribution in [0.25, 0.3) is 11.3 Å². The van der Waals surface area contributed by atoms with Crippen LogP contribution >= 0.6 is 0 Å². The molecule has 7 heteroatoms. The average molecular weight is 259 g/mol. The summed E-state index contributed by atoms with van der Waals surface area (Å²) < 4.78 is 63.1. The fourth-order valence-electron chi connectivity index (χ4n) is 1.28. The maximum absolute atomic E-state index is 13.3. The minimum Gasteiger partial charge on any atom is -0.251 e. The lowest BCUT2D eigenvalue weighted by atomic mass is 10.1. The fourth-order valence-corrected chi connectivity index (χ4v) is 1.28. The Kier molecular flexibility index (Phi) is 2.98. The molecule has 2 rings (SSSR count). The van der Waals surface area contributed by atoms with E-state index in [9.17, 15) is 22.0 Å². The molecule has 0 aliphatic heterocycles. The quantitative estimate of drug-likeness (QED) is 0.735. The molecule has 0 aliphatic carbocycles. The second-order valence-corrected chi connectivity index (χ2v) is 3.31. The zero-order valence-corrected chi connectivity index (χ0v) is 8.59. The molecule has 2 heterocycles. The summed E-state index contributed by atoms with van der Waals surface area (Å²) in [7, 11) is 0. The van der Waals surface area contributed by atoms with Gasteiger partial charge in [-0.3, -0.25) is 9.97 Å². The van der Waals surface area contributed by atoms with Crippen molar-refractivity contribution in [2.75, 3.05) is 0 Å². The molecule has 0 saturated carbocycles. The molecule has 0 unspecified atom stereocenters. The number of aromatic nitrogens is 2. The molecule has 0 N–H and O–H groups in total. The van der Waals surface area contributed by atoms with Crippen molar-refractivity contribution in [3.05, 3.63) is 47.9 Å². The van der Waals surface area contributed by atoms with Crippen LogP contribution in [0.2, 0.25) is 0 Å². The van der Waals surface area contributed by atoms with Crippen molar-refractivity contribution in [2.24, 2.45) is 0 Å². The Labute approximate surface area is 98.1 Å². The van der Waals surface area contributed by atoms with Crippen LogP contribution < -0.4 is 0 Å². The van der Waals surface area contributed by atoms with Gasteiger partial charge in [0.25, 0.3) is 0 Å². The topological polar surface area (TPSA) is 25.8 Å². The van der Waals surface area contributed by atoms with Crippen molar-refractivity contribution in [2.45, 2.75) is 6.18 Å². The molecule has 0 aromatic carbocycles. The third kappa shape index (κ3) is 2.44. The summed E-state index contributed by atoms with van der Waals surface area (Å²) in [5.74, 6) is -1.98. The van der Waals surface area contributed by atoms with E-state index in [1.165, 1.54) is 0 Å². The Balaban J connectivity index is 2.51. The van der Waals surface area contributed by atoms with Crippen molar-refractivity contribution >= 4 is 0 Å². The van der Waals surface area contributed by atoms with Gasteiger partial charge in [-0.15, -0.1) is 0 Å². The number of hydrogen-bond donors (Lipinski definition) is 0. The first-order chi connectivity index (χ1) is 8.38. The molecule has 1 radical (unpaired) electrons. The SMILES string of the molecule is Fc1cnc(-c2[c]c(C(F)(F)F)ncc2)c(F)c1. The number of halogens is 5. The molecule has 0 bridgehead atoms. The first-order valence-corrected chi connectivity index (χ1v) is 4.65. The number of pyridine rings is 2. The molecule has 93 valence electrons. The van der Waals surface area contributed by atoms with Gasteiger partial charge in [0, 0.05) is 23.9 Å². The monoisotopic (exact) mass is 259 g/mol. The Bertz CT molecular complexity index is 580. The fraction of sp³-hybridized carbons (Fsp3) is 0.0909. The van der Waals surface area contributed by atoms with E-state index < -0.39 is 29.2 Å². The molecule has 0 saturated heterocycles. The molecule has 0 spiro atoms. The van der Waals surface area contributed by atoms with E-state index >= 15 is 0 Å². The lowest BCUT2D eigenvalue weighted by molar-refractivity contribution is -0.141. The van der Waals surface area contributed by atoms with Crippen LogP contribution in [0.4, 0.5) is 22.0 Å². The first-order valence-electron chi connectivity index (χ1n) is 4.65. The number of alkyl halides is 3. The Morgan fingerprint density at radius 2 is 1.83 bits per heavy atom. The molecule has 2 aromatic rings. The van der Waals surface area contributed by atoms with Crippen molar-refractivity contribution < 1.29 is 22.0 Å². The Morgan fingerprint density at radius 1 is 1.11 bits per heavy atom. The van der Waals surface area contributed by atoms with Gasteiger partial charge in [-0.05, 0) is 6.07 Å². The lowest BCUT2D eigenvalue weighted by Gasteiger charge is -2.07. The van der Waals surface area contributed by atoms with Crippen LogP contribution in [-0.4, -0.2) is 9.97 Å². The molecular formula is C11H4F5N2.